The second-order valence-electron chi connectivity index (χ2n) is 4.75. The first kappa shape index (κ1) is 15.1. The molecule has 2 rings (SSSR count). The normalized spacial score (nSPS) is 15.9. The smallest absolute Gasteiger partial charge is 0.319 e. The van der Waals surface area contributed by atoms with Crippen LogP contribution in [-0.4, -0.2) is 50.3 Å². The van der Waals surface area contributed by atoms with Crippen molar-refractivity contribution < 1.29 is 9.53 Å². The third-order valence-electron chi connectivity index (χ3n) is 3.33. The lowest BCUT2D eigenvalue weighted by molar-refractivity contribution is 0.0388. The van der Waals surface area contributed by atoms with Gasteiger partial charge in [0, 0.05) is 36.9 Å². The van der Waals surface area contributed by atoms with Crippen LogP contribution in [0.3, 0.4) is 0 Å². The van der Waals surface area contributed by atoms with Crippen LogP contribution in [0.4, 0.5) is 10.5 Å². The summed E-state index contributed by atoms with van der Waals surface area (Å²) in [5, 5.41) is 6.31. The summed E-state index contributed by atoms with van der Waals surface area (Å²) in [7, 11) is 0. The van der Waals surface area contributed by atoms with Crippen molar-refractivity contribution in [1.82, 2.24) is 10.2 Å². The lowest BCUT2D eigenvalue weighted by Crippen LogP contribution is -2.42. The van der Waals surface area contributed by atoms with Gasteiger partial charge >= 0.3 is 6.03 Å². The highest BCUT2D eigenvalue weighted by Crippen LogP contribution is 2.22. The SMILES string of the molecule is Cc1c(Cl)cccc1NC(=O)NCCN1CCOCC1. The van der Waals surface area contributed by atoms with Gasteiger partial charge in [0.05, 0.1) is 13.2 Å². The Balaban J connectivity index is 1.73. The molecular weight excluding hydrogens is 278 g/mol. The number of anilines is 1. The summed E-state index contributed by atoms with van der Waals surface area (Å²) < 4.78 is 5.28. The van der Waals surface area contributed by atoms with Gasteiger partial charge in [-0.3, -0.25) is 4.90 Å². The highest BCUT2D eigenvalue weighted by Gasteiger charge is 2.10. The van der Waals surface area contributed by atoms with Crippen molar-refractivity contribution in [3.05, 3.63) is 28.8 Å². The second kappa shape index (κ2) is 7.47. The van der Waals surface area contributed by atoms with Crippen LogP contribution in [-0.2, 0) is 4.74 Å². The van der Waals surface area contributed by atoms with Gasteiger partial charge in [0.2, 0.25) is 0 Å². The molecule has 20 heavy (non-hydrogen) atoms. The molecule has 1 heterocycles. The predicted octanol–water partition coefficient (Wildman–Crippen LogP) is 2.10. The molecule has 1 aromatic carbocycles. The molecule has 6 heteroatoms. The van der Waals surface area contributed by atoms with E-state index in [0.29, 0.717) is 11.6 Å². The van der Waals surface area contributed by atoms with Crippen LogP contribution in [0.2, 0.25) is 5.02 Å². The number of hydrogen-bond donors (Lipinski definition) is 2. The van der Waals surface area contributed by atoms with Crippen LogP contribution < -0.4 is 10.6 Å². The Morgan fingerprint density at radius 3 is 2.90 bits per heavy atom. The van der Waals surface area contributed by atoms with E-state index in [-0.39, 0.29) is 6.03 Å². The second-order valence-corrected chi connectivity index (χ2v) is 5.15. The number of amides is 2. The molecule has 0 aliphatic carbocycles. The molecule has 2 amide bonds. The first-order valence-electron chi connectivity index (χ1n) is 6.77. The highest BCUT2D eigenvalue weighted by molar-refractivity contribution is 6.31. The van der Waals surface area contributed by atoms with Gasteiger partial charge in [-0.25, -0.2) is 4.79 Å². The highest BCUT2D eigenvalue weighted by atomic mass is 35.5. The summed E-state index contributed by atoms with van der Waals surface area (Å²) in [6.07, 6.45) is 0. The Bertz CT molecular complexity index is 462. The fourth-order valence-electron chi connectivity index (χ4n) is 2.06. The topological polar surface area (TPSA) is 53.6 Å². The lowest BCUT2D eigenvalue weighted by atomic mass is 10.2. The van der Waals surface area contributed by atoms with Crippen molar-refractivity contribution in [2.24, 2.45) is 0 Å². The van der Waals surface area contributed by atoms with Gasteiger partial charge in [-0.2, -0.15) is 0 Å². The minimum atomic E-state index is -0.205. The van der Waals surface area contributed by atoms with Crippen LogP contribution >= 0.6 is 11.6 Å². The van der Waals surface area contributed by atoms with Gasteiger partial charge in [-0.1, -0.05) is 17.7 Å². The number of ether oxygens (including phenoxy) is 1. The van der Waals surface area contributed by atoms with E-state index < -0.39 is 0 Å². The van der Waals surface area contributed by atoms with Crippen molar-refractivity contribution in [1.29, 1.82) is 0 Å². The molecule has 5 nitrogen and oxygen atoms in total. The zero-order chi connectivity index (χ0) is 14.4. The van der Waals surface area contributed by atoms with E-state index in [2.05, 4.69) is 15.5 Å². The molecule has 2 N–H and O–H groups in total. The fraction of sp³-hybridized carbons (Fsp3) is 0.500. The molecule has 1 saturated heterocycles. The van der Waals surface area contributed by atoms with E-state index in [9.17, 15) is 4.79 Å². The van der Waals surface area contributed by atoms with Crippen molar-refractivity contribution in [2.45, 2.75) is 6.92 Å². The van der Waals surface area contributed by atoms with Gasteiger partial charge < -0.3 is 15.4 Å². The average Bonchev–Trinajstić information content (AvgIpc) is 2.45. The van der Waals surface area contributed by atoms with Crippen molar-refractivity contribution in [2.75, 3.05) is 44.7 Å². The van der Waals surface area contributed by atoms with Crippen molar-refractivity contribution in [3.63, 3.8) is 0 Å². The molecule has 1 aliphatic heterocycles. The summed E-state index contributed by atoms with van der Waals surface area (Å²) >= 11 is 6.01. The Morgan fingerprint density at radius 1 is 1.40 bits per heavy atom. The number of nitrogens with one attached hydrogen (secondary N) is 2. The predicted molar refractivity (Wildman–Crippen MR) is 80.5 cm³/mol. The Kier molecular flexibility index (Phi) is 5.64. The van der Waals surface area contributed by atoms with E-state index in [1.54, 1.807) is 6.07 Å². The first-order chi connectivity index (χ1) is 9.66. The molecule has 0 atom stereocenters. The molecular formula is C14H20ClN3O2. The van der Waals surface area contributed by atoms with E-state index in [1.165, 1.54) is 0 Å². The van der Waals surface area contributed by atoms with Gasteiger partial charge in [-0.05, 0) is 24.6 Å². The summed E-state index contributed by atoms with van der Waals surface area (Å²) in [6, 6.07) is 5.25. The molecule has 1 fully saturated rings. The Morgan fingerprint density at radius 2 is 2.15 bits per heavy atom. The number of rotatable bonds is 4. The van der Waals surface area contributed by atoms with Gasteiger partial charge in [0.25, 0.3) is 0 Å². The molecule has 0 unspecified atom stereocenters. The molecule has 0 bridgehead atoms. The van der Waals surface area contributed by atoms with Crippen molar-refractivity contribution >= 4 is 23.3 Å². The first-order valence-corrected chi connectivity index (χ1v) is 7.14. The largest absolute Gasteiger partial charge is 0.379 e. The summed E-state index contributed by atoms with van der Waals surface area (Å²) in [5.41, 5.74) is 1.61. The third kappa shape index (κ3) is 4.37. The number of urea groups is 1. The Hall–Kier alpha value is -1.30. The molecule has 0 saturated carbocycles. The van der Waals surface area contributed by atoms with Gasteiger partial charge in [-0.15, -0.1) is 0 Å². The van der Waals surface area contributed by atoms with E-state index in [1.807, 2.05) is 19.1 Å². The van der Waals surface area contributed by atoms with Crippen LogP contribution in [0.25, 0.3) is 0 Å². The number of morpholine rings is 1. The van der Waals surface area contributed by atoms with Gasteiger partial charge in [0.15, 0.2) is 0 Å². The number of carbonyl (C=O) groups excluding carboxylic acids is 1. The minimum Gasteiger partial charge on any atom is -0.379 e. The van der Waals surface area contributed by atoms with Crippen molar-refractivity contribution in [3.8, 4) is 0 Å². The number of halogens is 1. The standard InChI is InChI=1S/C14H20ClN3O2/c1-11-12(15)3-2-4-13(11)17-14(19)16-5-6-18-7-9-20-10-8-18/h2-4H,5-10H2,1H3,(H2,16,17,19). The van der Waals surface area contributed by atoms with E-state index in [4.69, 9.17) is 16.3 Å². The minimum absolute atomic E-state index is 0.205. The summed E-state index contributed by atoms with van der Waals surface area (Å²) in [5.74, 6) is 0. The molecule has 0 spiro atoms. The molecule has 1 aliphatic rings. The molecule has 0 radical (unpaired) electrons. The van der Waals surface area contributed by atoms with Crippen LogP contribution in [0.15, 0.2) is 18.2 Å². The summed E-state index contributed by atoms with van der Waals surface area (Å²) in [4.78, 5) is 14.1. The van der Waals surface area contributed by atoms with Crippen LogP contribution in [0, 0.1) is 6.92 Å². The van der Waals surface area contributed by atoms with Crippen LogP contribution in [0.1, 0.15) is 5.56 Å². The van der Waals surface area contributed by atoms with Gasteiger partial charge in [0.1, 0.15) is 0 Å². The maximum atomic E-state index is 11.8. The number of benzene rings is 1. The number of nitrogens with zero attached hydrogens (tertiary/aromatic N) is 1. The zero-order valence-electron chi connectivity index (χ0n) is 11.6. The lowest BCUT2D eigenvalue weighted by Gasteiger charge is -2.26. The van der Waals surface area contributed by atoms with E-state index in [0.717, 1.165) is 44.1 Å². The maximum absolute atomic E-state index is 11.8. The summed E-state index contributed by atoms with van der Waals surface area (Å²) in [6.45, 7) is 6.73. The molecule has 110 valence electrons. The third-order valence-corrected chi connectivity index (χ3v) is 3.74. The average molecular weight is 298 g/mol. The molecule has 0 aromatic heterocycles. The van der Waals surface area contributed by atoms with E-state index >= 15 is 0 Å². The number of carbonyl (C=O) groups is 1. The Labute approximate surface area is 124 Å². The maximum Gasteiger partial charge on any atom is 0.319 e. The molecule has 1 aromatic rings. The monoisotopic (exact) mass is 297 g/mol. The van der Waals surface area contributed by atoms with Crippen LogP contribution in [0.5, 0.6) is 0 Å². The number of hydrogen-bond acceptors (Lipinski definition) is 3. The fourth-order valence-corrected chi connectivity index (χ4v) is 2.24. The zero-order valence-corrected chi connectivity index (χ0v) is 12.4. The quantitative estimate of drug-likeness (QED) is 0.895.